The molecular weight excluding hydrogens is 584 g/mol. The smallest absolute Gasteiger partial charge is 0.241 e. The topological polar surface area (TPSA) is 111 Å². The summed E-state index contributed by atoms with van der Waals surface area (Å²) in [6.45, 7) is 21.4. The fourth-order valence-electron chi connectivity index (χ4n) is 4.36. The number of hydrogen-bond acceptors (Lipinski definition) is 6. The van der Waals surface area contributed by atoms with Gasteiger partial charge in [-0.25, -0.2) is 8.42 Å². The number of likely N-dealkylation sites (tertiary alicyclic amines) is 1. The lowest BCUT2D eigenvalue weighted by Gasteiger charge is -2.34. The normalized spacial score (nSPS) is 14.8. The van der Waals surface area contributed by atoms with Gasteiger partial charge in [0.25, 0.3) is 0 Å². The van der Waals surface area contributed by atoms with Gasteiger partial charge in [0.05, 0.1) is 18.4 Å². The van der Waals surface area contributed by atoms with Gasteiger partial charge in [0, 0.05) is 17.9 Å². The van der Waals surface area contributed by atoms with Crippen LogP contribution in [0.3, 0.4) is 0 Å². The van der Waals surface area contributed by atoms with Gasteiger partial charge in [-0.05, 0) is 82.1 Å². The molecular formula is C36H66N4O4S. The molecule has 4 N–H and O–H groups in total. The zero-order valence-corrected chi connectivity index (χ0v) is 31.1. The van der Waals surface area contributed by atoms with Crippen LogP contribution < -0.4 is 15.4 Å². The zero-order chi connectivity index (χ0) is 34.8. The number of anilines is 2. The number of aliphatic hydroxyl groups is 1. The van der Waals surface area contributed by atoms with Crippen LogP contribution in [0.25, 0.3) is 0 Å². The van der Waals surface area contributed by atoms with Crippen molar-refractivity contribution in [3.63, 3.8) is 0 Å². The summed E-state index contributed by atoms with van der Waals surface area (Å²) in [5.74, 6) is 0.163. The average Bonchev–Trinajstić information content (AvgIpc) is 3.01. The van der Waals surface area contributed by atoms with E-state index in [-0.39, 0.29) is 11.9 Å². The van der Waals surface area contributed by atoms with Crippen LogP contribution >= 0.6 is 0 Å². The number of rotatable bonds is 10. The van der Waals surface area contributed by atoms with Gasteiger partial charge >= 0.3 is 0 Å². The minimum Gasteiger partial charge on any atom is -0.387 e. The lowest BCUT2D eigenvalue weighted by molar-refractivity contribution is -0.122. The first-order valence-corrected chi connectivity index (χ1v) is 18.8. The van der Waals surface area contributed by atoms with Crippen molar-refractivity contribution in [1.29, 1.82) is 0 Å². The Morgan fingerprint density at radius 2 is 1.47 bits per heavy atom. The van der Waals surface area contributed by atoms with Gasteiger partial charge in [-0.15, -0.1) is 0 Å². The standard InChI is InChI=1S/C17H26N2O.C10H16N2O3S.C4H10.C3H8.C2H6/c1-4-11-19-12-6-5-10-15(19)17(20)18-16-13(2)8-7-9-14(16)3;1-11-7-10(13)8-3-5-9(6-4-8)12-16(2,14)15;1-3-4-2;1-3-2;1-2/h7-9,15H,4-6,10-12H2,1-3H3,(H,18,20);3-6,10-13H,7H2,1-2H3;3-4H2,1-2H3;3H2,1-2H3;1-2H3. The molecule has 1 aliphatic heterocycles. The molecule has 3 rings (SSSR count). The molecule has 260 valence electrons. The summed E-state index contributed by atoms with van der Waals surface area (Å²) in [6.07, 6.45) is 8.86. The molecule has 0 spiro atoms. The number of para-hydroxylation sites is 1. The van der Waals surface area contributed by atoms with Crippen molar-refractivity contribution in [2.75, 3.05) is 43.0 Å². The van der Waals surface area contributed by atoms with Gasteiger partial charge in [-0.2, -0.15) is 0 Å². The molecule has 0 aliphatic carbocycles. The van der Waals surface area contributed by atoms with Crippen LogP contribution in [-0.4, -0.2) is 63.3 Å². The Kier molecular flexibility index (Phi) is 26.5. The number of hydrogen-bond donors (Lipinski definition) is 4. The molecule has 2 aromatic carbocycles. The number of benzene rings is 2. The van der Waals surface area contributed by atoms with E-state index >= 15 is 0 Å². The van der Waals surface area contributed by atoms with Crippen LogP contribution in [-0.2, 0) is 14.8 Å². The van der Waals surface area contributed by atoms with Gasteiger partial charge in [0.1, 0.15) is 0 Å². The molecule has 0 aromatic heterocycles. The van der Waals surface area contributed by atoms with Gasteiger partial charge in [-0.3, -0.25) is 14.4 Å². The summed E-state index contributed by atoms with van der Waals surface area (Å²) in [7, 11) is -1.49. The molecule has 45 heavy (non-hydrogen) atoms. The Morgan fingerprint density at radius 3 is 1.91 bits per heavy atom. The maximum Gasteiger partial charge on any atom is 0.241 e. The van der Waals surface area contributed by atoms with E-state index in [0.29, 0.717) is 12.2 Å². The molecule has 0 radical (unpaired) electrons. The number of aliphatic hydroxyl groups excluding tert-OH is 1. The lowest BCUT2D eigenvalue weighted by Crippen LogP contribution is -2.47. The number of nitrogens with one attached hydrogen (secondary N) is 3. The molecule has 0 bridgehead atoms. The number of piperidine rings is 1. The van der Waals surface area contributed by atoms with Crippen LogP contribution in [0.15, 0.2) is 42.5 Å². The maximum absolute atomic E-state index is 12.6. The van der Waals surface area contributed by atoms with Crippen LogP contribution in [0, 0.1) is 13.8 Å². The number of sulfonamides is 1. The van der Waals surface area contributed by atoms with Crippen LogP contribution in [0.4, 0.5) is 11.4 Å². The summed E-state index contributed by atoms with van der Waals surface area (Å²) in [6, 6.07) is 12.8. The molecule has 8 nitrogen and oxygen atoms in total. The van der Waals surface area contributed by atoms with Crippen molar-refractivity contribution in [1.82, 2.24) is 10.2 Å². The molecule has 1 heterocycles. The fourth-order valence-corrected chi connectivity index (χ4v) is 4.92. The summed E-state index contributed by atoms with van der Waals surface area (Å²) in [4.78, 5) is 14.9. The Balaban J connectivity index is 0. The number of carbonyl (C=O) groups excluding carboxylic acids is 1. The SMILES string of the molecule is CC.CCC.CCCC.CCCN1CCCCC1C(=O)Nc1c(C)cccc1C.CNCC(O)c1ccc(NS(C)(=O)=O)cc1. The van der Waals surface area contributed by atoms with Crippen molar-refractivity contribution in [2.45, 2.75) is 119 Å². The summed E-state index contributed by atoms with van der Waals surface area (Å²) in [5, 5.41) is 15.7. The Labute approximate surface area is 276 Å². The van der Waals surface area contributed by atoms with E-state index in [4.69, 9.17) is 0 Å². The fraction of sp³-hybridized carbons (Fsp3) is 0.639. The molecule has 2 aromatic rings. The molecule has 0 saturated carbocycles. The van der Waals surface area contributed by atoms with Crippen molar-refractivity contribution in [3.8, 4) is 0 Å². The number of amides is 1. The van der Waals surface area contributed by atoms with Crippen molar-refractivity contribution < 1.29 is 18.3 Å². The van der Waals surface area contributed by atoms with Crippen molar-refractivity contribution >= 4 is 27.3 Å². The Morgan fingerprint density at radius 1 is 0.933 bits per heavy atom. The predicted octanol–water partition coefficient (Wildman–Crippen LogP) is 8.07. The van der Waals surface area contributed by atoms with Crippen molar-refractivity contribution in [3.05, 3.63) is 59.2 Å². The number of unbranched alkanes of at least 4 members (excludes halogenated alkanes) is 1. The molecule has 1 aliphatic rings. The highest BCUT2D eigenvalue weighted by atomic mass is 32.2. The van der Waals surface area contributed by atoms with E-state index in [1.807, 2.05) is 45.9 Å². The van der Waals surface area contributed by atoms with E-state index in [1.165, 1.54) is 25.7 Å². The lowest BCUT2D eigenvalue weighted by atomic mass is 10.0. The number of aryl methyl sites for hydroxylation is 2. The van der Waals surface area contributed by atoms with Gasteiger partial charge in [0.2, 0.25) is 15.9 Å². The second kappa shape index (κ2) is 26.7. The summed E-state index contributed by atoms with van der Waals surface area (Å²) in [5.41, 5.74) is 4.49. The highest BCUT2D eigenvalue weighted by Crippen LogP contribution is 2.23. The number of nitrogens with zero attached hydrogens (tertiary/aromatic N) is 1. The van der Waals surface area contributed by atoms with E-state index in [2.05, 4.69) is 54.9 Å². The quantitative estimate of drug-likeness (QED) is 0.207. The third kappa shape index (κ3) is 20.3. The van der Waals surface area contributed by atoms with Gasteiger partial charge < -0.3 is 15.7 Å². The second-order valence-corrected chi connectivity index (χ2v) is 12.8. The predicted molar refractivity (Wildman–Crippen MR) is 196 cm³/mol. The molecule has 2 atom stereocenters. The van der Waals surface area contributed by atoms with E-state index < -0.39 is 16.1 Å². The minimum atomic E-state index is -3.25. The Bertz CT molecular complexity index is 1100. The van der Waals surface area contributed by atoms with Crippen LogP contribution in [0.1, 0.15) is 116 Å². The molecule has 1 amide bonds. The van der Waals surface area contributed by atoms with E-state index in [9.17, 15) is 18.3 Å². The minimum absolute atomic E-state index is 0.0442. The first-order valence-electron chi connectivity index (χ1n) is 16.9. The highest BCUT2D eigenvalue weighted by Gasteiger charge is 2.28. The highest BCUT2D eigenvalue weighted by molar-refractivity contribution is 7.92. The summed E-state index contributed by atoms with van der Waals surface area (Å²) < 4.78 is 24.3. The monoisotopic (exact) mass is 650 g/mol. The number of carbonyl (C=O) groups is 1. The molecule has 2 unspecified atom stereocenters. The van der Waals surface area contributed by atoms with E-state index in [1.54, 1.807) is 31.3 Å². The molecule has 1 fully saturated rings. The van der Waals surface area contributed by atoms with Crippen LogP contribution in [0.2, 0.25) is 0 Å². The van der Waals surface area contributed by atoms with E-state index in [0.717, 1.165) is 61.0 Å². The summed E-state index contributed by atoms with van der Waals surface area (Å²) >= 11 is 0. The van der Waals surface area contributed by atoms with Crippen molar-refractivity contribution in [2.24, 2.45) is 0 Å². The first kappa shape index (κ1) is 44.7. The average molecular weight is 651 g/mol. The number of likely N-dealkylation sites (N-methyl/N-ethyl adjacent to an activating group) is 1. The van der Waals surface area contributed by atoms with Gasteiger partial charge in [-0.1, -0.05) is 104 Å². The third-order valence-corrected chi connectivity index (χ3v) is 7.26. The largest absolute Gasteiger partial charge is 0.387 e. The maximum atomic E-state index is 12.6. The second-order valence-electron chi connectivity index (χ2n) is 11.1. The zero-order valence-electron chi connectivity index (χ0n) is 30.3. The molecule has 9 heteroatoms. The van der Waals surface area contributed by atoms with Crippen LogP contribution in [0.5, 0.6) is 0 Å². The first-order chi connectivity index (χ1) is 21.4. The molecule has 1 saturated heterocycles. The van der Waals surface area contributed by atoms with Gasteiger partial charge in [0.15, 0.2) is 0 Å². The Hall–Kier alpha value is -2.46. The third-order valence-electron chi connectivity index (χ3n) is 6.65.